The van der Waals surface area contributed by atoms with E-state index < -0.39 is 24.3 Å². The fraction of sp³-hybridized carbons (Fsp3) is 0.667. The third kappa shape index (κ3) is 3.27. The second-order valence-electron chi connectivity index (χ2n) is 2.15. The summed E-state index contributed by atoms with van der Waals surface area (Å²) in [5.74, 6) is -1.95. The van der Waals surface area contributed by atoms with Gasteiger partial charge < -0.3 is 10.6 Å². The van der Waals surface area contributed by atoms with Crippen LogP contribution in [0.1, 0.15) is 6.92 Å². The number of likely N-dealkylation sites (N-methyl/N-ethyl adjacent to an activating group) is 1. The van der Waals surface area contributed by atoms with Crippen LogP contribution in [0.3, 0.4) is 0 Å². The van der Waals surface area contributed by atoms with Gasteiger partial charge in [0.2, 0.25) is 5.91 Å². The van der Waals surface area contributed by atoms with Crippen molar-refractivity contribution in [3.63, 3.8) is 0 Å². The van der Waals surface area contributed by atoms with Crippen LogP contribution >= 0.6 is 0 Å². The van der Waals surface area contributed by atoms with Gasteiger partial charge in [-0.2, -0.15) is 8.78 Å². The lowest BCUT2D eigenvalue weighted by Gasteiger charge is -2.11. The highest BCUT2D eigenvalue weighted by molar-refractivity contribution is 5.88. The molecule has 0 fully saturated rings. The van der Waals surface area contributed by atoms with Crippen molar-refractivity contribution in [2.24, 2.45) is 0 Å². The van der Waals surface area contributed by atoms with Crippen LogP contribution < -0.4 is 10.6 Å². The molecule has 0 rings (SSSR count). The summed E-state index contributed by atoms with van der Waals surface area (Å²) in [5.41, 5.74) is 0. The lowest BCUT2D eigenvalue weighted by molar-refractivity contribution is -0.135. The molecule has 0 saturated heterocycles. The SMILES string of the molecule is CNC(=O)[C@@H](C)NC(=O)C(F)F. The number of carbonyl (C=O) groups excluding carboxylic acids is 2. The summed E-state index contributed by atoms with van der Waals surface area (Å²) in [5, 5.41) is 4.04. The summed E-state index contributed by atoms with van der Waals surface area (Å²) in [7, 11) is 1.35. The van der Waals surface area contributed by atoms with E-state index in [1.807, 2.05) is 5.32 Å². The van der Waals surface area contributed by atoms with Crippen LogP contribution in [0, 0.1) is 0 Å². The summed E-state index contributed by atoms with van der Waals surface area (Å²) in [6, 6.07) is -0.934. The molecule has 0 bridgehead atoms. The zero-order valence-electron chi connectivity index (χ0n) is 6.73. The van der Waals surface area contributed by atoms with E-state index in [0.29, 0.717) is 0 Å². The number of hydrogen-bond acceptors (Lipinski definition) is 2. The Hall–Kier alpha value is -1.20. The standard InChI is InChI=1S/C6H10F2N2O2/c1-3(5(11)9-2)10-6(12)4(7)8/h3-4H,1-2H3,(H,9,11)(H,10,12)/t3-/m1/s1. The molecule has 0 aliphatic rings. The Morgan fingerprint density at radius 2 is 1.75 bits per heavy atom. The van der Waals surface area contributed by atoms with Crippen molar-refractivity contribution in [1.29, 1.82) is 0 Å². The van der Waals surface area contributed by atoms with E-state index in [2.05, 4.69) is 5.32 Å². The zero-order valence-corrected chi connectivity index (χ0v) is 6.73. The molecule has 0 aromatic carbocycles. The predicted molar refractivity (Wildman–Crippen MR) is 37.7 cm³/mol. The molecule has 0 radical (unpaired) electrons. The lowest BCUT2D eigenvalue weighted by Crippen LogP contribution is -2.45. The Labute approximate surface area is 68.3 Å². The highest BCUT2D eigenvalue weighted by Gasteiger charge is 2.20. The lowest BCUT2D eigenvalue weighted by atomic mass is 10.3. The summed E-state index contributed by atoms with van der Waals surface area (Å²) >= 11 is 0. The number of rotatable bonds is 3. The maximum atomic E-state index is 11.6. The van der Waals surface area contributed by atoms with Crippen molar-refractivity contribution >= 4 is 11.8 Å². The first-order chi connectivity index (χ1) is 5.49. The van der Waals surface area contributed by atoms with Crippen LogP contribution in [-0.4, -0.2) is 31.3 Å². The minimum Gasteiger partial charge on any atom is -0.357 e. The van der Waals surface area contributed by atoms with Crippen LogP contribution in [0.15, 0.2) is 0 Å². The van der Waals surface area contributed by atoms with Gasteiger partial charge in [-0.15, -0.1) is 0 Å². The average Bonchev–Trinajstić information content (AvgIpc) is 2.02. The van der Waals surface area contributed by atoms with E-state index in [1.54, 1.807) is 0 Å². The van der Waals surface area contributed by atoms with Crippen molar-refractivity contribution in [2.45, 2.75) is 19.4 Å². The molecule has 4 nitrogen and oxygen atoms in total. The van der Waals surface area contributed by atoms with E-state index in [9.17, 15) is 18.4 Å². The minimum absolute atomic E-state index is 0.510. The van der Waals surface area contributed by atoms with Gasteiger partial charge in [-0.25, -0.2) is 0 Å². The molecular weight excluding hydrogens is 170 g/mol. The number of carbonyl (C=O) groups is 2. The predicted octanol–water partition coefficient (Wildman–Crippen LogP) is -0.498. The Bertz CT molecular complexity index is 184. The molecule has 0 unspecified atom stereocenters. The zero-order chi connectivity index (χ0) is 9.72. The monoisotopic (exact) mass is 180 g/mol. The molecule has 12 heavy (non-hydrogen) atoms. The summed E-state index contributed by atoms with van der Waals surface area (Å²) in [6.07, 6.45) is -3.09. The van der Waals surface area contributed by atoms with Gasteiger partial charge in [0.15, 0.2) is 0 Å². The van der Waals surface area contributed by atoms with E-state index in [0.717, 1.165) is 0 Å². The number of hydrogen-bond donors (Lipinski definition) is 2. The molecule has 0 heterocycles. The van der Waals surface area contributed by atoms with Crippen LogP contribution in [0.4, 0.5) is 8.78 Å². The number of amides is 2. The number of nitrogens with one attached hydrogen (secondary N) is 2. The second kappa shape index (κ2) is 4.63. The van der Waals surface area contributed by atoms with Gasteiger partial charge in [0.05, 0.1) is 0 Å². The Morgan fingerprint density at radius 1 is 1.25 bits per heavy atom. The quantitative estimate of drug-likeness (QED) is 0.615. The molecular formula is C6H10F2N2O2. The summed E-state index contributed by atoms with van der Waals surface area (Å²) in [6.45, 7) is 1.32. The van der Waals surface area contributed by atoms with Gasteiger partial charge in [-0.1, -0.05) is 0 Å². The molecule has 0 aromatic rings. The maximum absolute atomic E-state index is 11.6. The molecule has 0 aliphatic heterocycles. The van der Waals surface area contributed by atoms with Crippen LogP contribution in [0.2, 0.25) is 0 Å². The minimum atomic E-state index is -3.09. The molecule has 70 valence electrons. The molecule has 1 atom stereocenters. The topological polar surface area (TPSA) is 58.2 Å². The normalized spacial score (nSPS) is 12.4. The van der Waals surface area contributed by atoms with Crippen molar-refractivity contribution in [2.75, 3.05) is 7.05 Å². The molecule has 0 saturated carbocycles. The first-order valence-corrected chi connectivity index (χ1v) is 3.29. The fourth-order valence-corrected chi connectivity index (χ4v) is 0.558. The van der Waals surface area contributed by atoms with Gasteiger partial charge in [0.25, 0.3) is 5.91 Å². The number of alkyl halides is 2. The third-order valence-corrected chi connectivity index (χ3v) is 1.20. The Morgan fingerprint density at radius 3 is 2.08 bits per heavy atom. The van der Waals surface area contributed by atoms with E-state index in [-0.39, 0.29) is 0 Å². The summed E-state index contributed by atoms with van der Waals surface area (Å²) < 4.78 is 23.2. The smallest absolute Gasteiger partial charge is 0.315 e. The second-order valence-corrected chi connectivity index (χ2v) is 2.15. The van der Waals surface area contributed by atoms with Crippen molar-refractivity contribution < 1.29 is 18.4 Å². The van der Waals surface area contributed by atoms with Crippen LogP contribution in [-0.2, 0) is 9.59 Å². The van der Waals surface area contributed by atoms with Crippen LogP contribution in [0.5, 0.6) is 0 Å². The highest BCUT2D eigenvalue weighted by atomic mass is 19.3. The van der Waals surface area contributed by atoms with Crippen molar-refractivity contribution in [1.82, 2.24) is 10.6 Å². The van der Waals surface area contributed by atoms with Crippen molar-refractivity contribution in [3.8, 4) is 0 Å². The van der Waals surface area contributed by atoms with Crippen molar-refractivity contribution in [3.05, 3.63) is 0 Å². The van der Waals surface area contributed by atoms with E-state index in [4.69, 9.17) is 0 Å². The van der Waals surface area contributed by atoms with E-state index >= 15 is 0 Å². The largest absolute Gasteiger partial charge is 0.357 e. The van der Waals surface area contributed by atoms with Crippen LogP contribution in [0.25, 0.3) is 0 Å². The molecule has 0 aliphatic carbocycles. The highest BCUT2D eigenvalue weighted by Crippen LogP contribution is 1.92. The van der Waals surface area contributed by atoms with Gasteiger partial charge in [-0.05, 0) is 6.92 Å². The fourth-order valence-electron chi connectivity index (χ4n) is 0.558. The first-order valence-electron chi connectivity index (χ1n) is 3.29. The van der Waals surface area contributed by atoms with Gasteiger partial charge >= 0.3 is 6.43 Å². The molecule has 2 amide bonds. The van der Waals surface area contributed by atoms with E-state index in [1.165, 1.54) is 14.0 Å². The molecule has 0 aromatic heterocycles. The summed E-state index contributed by atoms with van der Waals surface area (Å²) in [4.78, 5) is 21.0. The number of halogens is 2. The molecule has 6 heteroatoms. The maximum Gasteiger partial charge on any atom is 0.315 e. The Kier molecular flexibility index (Phi) is 4.17. The van der Waals surface area contributed by atoms with Gasteiger partial charge in [0, 0.05) is 7.05 Å². The Balaban J connectivity index is 3.92. The molecule has 2 N–H and O–H groups in total. The van der Waals surface area contributed by atoms with Gasteiger partial charge in [0.1, 0.15) is 6.04 Å². The molecule has 0 spiro atoms. The van der Waals surface area contributed by atoms with Gasteiger partial charge in [-0.3, -0.25) is 9.59 Å². The average molecular weight is 180 g/mol. The first kappa shape index (κ1) is 10.8. The third-order valence-electron chi connectivity index (χ3n) is 1.20.